The van der Waals surface area contributed by atoms with E-state index in [2.05, 4.69) is 30.2 Å². The van der Waals surface area contributed by atoms with Crippen LogP contribution >= 0.6 is 0 Å². The van der Waals surface area contributed by atoms with E-state index < -0.39 is 29.2 Å². The van der Waals surface area contributed by atoms with Crippen LogP contribution < -0.4 is 5.32 Å². The summed E-state index contributed by atoms with van der Waals surface area (Å²) in [6, 6.07) is 3.22. The first kappa shape index (κ1) is 22.3. The highest BCUT2D eigenvalue weighted by molar-refractivity contribution is 5.94. The molecule has 3 aromatic heterocycles. The molecule has 0 bridgehead atoms. The van der Waals surface area contributed by atoms with Gasteiger partial charge in [-0.15, -0.1) is 0 Å². The van der Waals surface area contributed by atoms with Gasteiger partial charge < -0.3 is 5.32 Å². The average molecular weight is 453 g/mol. The first-order valence-electron chi connectivity index (χ1n) is 10.0. The highest BCUT2D eigenvalue weighted by Crippen LogP contribution is 2.47. The van der Waals surface area contributed by atoms with Gasteiger partial charge in [0.2, 0.25) is 0 Å². The molecule has 3 heterocycles. The Bertz CT molecular complexity index is 1250. The fourth-order valence-electron chi connectivity index (χ4n) is 3.30. The van der Waals surface area contributed by atoms with Crippen LogP contribution in [0.15, 0.2) is 36.9 Å². The number of rotatable bonds is 5. The van der Waals surface area contributed by atoms with Gasteiger partial charge in [-0.2, -0.15) is 18.4 Å². The molecule has 0 spiro atoms. The molecule has 168 valence electrons. The summed E-state index contributed by atoms with van der Waals surface area (Å²) in [5.41, 5.74) is -1.03. The standard InChI is InChI=1S/C22H18F3N7O/c1-12-9-29-19(30-10-12)18-17(27-5-6-28-18)13(2)31-20(33)14-7-15(21(11-26)3-4-21)32-16(8-14)22(23,24)25/h5-10,13H,3-4H2,1-2H3,(H,31,33). The number of hydrogen-bond acceptors (Lipinski definition) is 7. The van der Waals surface area contributed by atoms with E-state index in [1.54, 1.807) is 19.3 Å². The smallest absolute Gasteiger partial charge is 0.344 e. The lowest BCUT2D eigenvalue weighted by Crippen LogP contribution is -2.29. The number of nitrogens with zero attached hydrogens (tertiary/aromatic N) is 6. The van der Waals surface area contributed by atoms with Crippen LogP contribution in [-0.4, -0.2) is 30.8 Å². The van der Waals surface area contributed by atoms with Crippen LogP contribution in [-0.2, 0) is 11.6 Å². The zero-order valence-corrected chi connectivity index (χ0v) is 17.7. The molecule has 11 heteroatoms. The number of alkyl halides is 3. The molecular formula is C22H18F3N7O. The minimum absolute atomic E-state index is 0.0501. The Morgan fingerprint density at radius 3 is 2.42 bits per heavy atom. The Kier molecular flexibility index (Phi) is 5.53. The maximum Gasteiger partial charge on any atom is 0.433 e. The topological polar surface area (TPSA) is 117 Å². The third-order valence-electron chi connectivity index (χ3n) is 5.31. The van der Waals surface area contributed by atoms with Gasteiger partial charge in [-0.05, 0) is 44.4 Å². The molecule has 1 aliphatic carbocycles. The van der Waals surface area contributed by atoms with Crippen molar-refractivity contribution >= 4 is 5.91 Å². The number of amides is 1. The van der Waals surface area contributed by atoms with Crippen LogP contribution in [0.4, 0.5) is 13.2 Å². The van der Waals surface area contributed by atoms with Gasteiger partial charge >= 0.3 is 6.18 Å². The summed E-state index contributed by atoms with van der Waals surface area (Å²) in [4.78, 5) is 33.5. The van der Waals surface area contributed by atoms with E-state index in [0.717, 1.165) is 5.56 Å². The summed E-state index contributed by atoms with van der Waals surface area (Å²) >= 11 is 0. The van der Waals surface area contributed by atoms with Gasteiger partial charge in [-0.3, -0.25) is 9.78 Å². The fraction of sp³-hybridized carbons (Fsp3) is 0.318. The van der Waals surface area contributed by atoms with Crippen LogP contribution in [0.3, 0.4) is 0 Å². The number of halogens is 3. The Labute approximate surface area is 187 Å². The van der Waals surface area contributed by atoms with Crippen molar-refractivity contribution in [3.8, 4) is 17.6 Å². The number of nitrogens with one attached hydrogen (secondary N) is 1. The molecule has 1 fully saturated rings. The second kappa shape index (κ2) is 8.20. The molecule has 1 amide bonds. The van der Waals surface area contributed by atoms with E-state index >= 15 is 0 Å². The van der Waals surface area contributed by atoms with Crippen molar-refractivity contribution < 1.29 is 18.0 Å². The van der Waals surface area contributed by atoms with E-state index in [-0.39, 0.29) is 11.3 Å². The van der Waals surface area contributed by atoms with Crippen molar-refractivity contribution in [1.82, 2.24) is 30.2 Å². The molecule has 1 N–H and O–H groups in total. The quantitative estimate of drug-likeness (QED) is 0.626. The predicted octanol–water partition coefficient (Wildman–Crippen LogP) is 3.70. The van der Waals surface area contributed by atoms with Crippen LogP contribution in [0.1, 0.15) is 58.8 Å². The van der Waals surface area contributed by atoms with Crippen molar-refractivity contribution in [3.63, 3.8) is 0 Å². The zero-order chi connectivity index (χ0) is 23.8. The van der Waals surface area contributed by atoms with Gasteiger partial charge in [0.05, 0.1) is 28.9 Å². The lowest BCUT2D eigenvalue weighted by Gasteiger charge is -2.17. The highest BCUT2D eigenvalue weighted by atomic mass is 19.4. The minimum Gasteiger partial charge on any atom is -0.344 e. The summed E-state index contributed by atoms with van der Waals surface area (Å²) in [7, 11) is 0. The van der Waals surface area contributed by atoms with E-state index in [4.69, 9.17) is 0 Å². The molecule has 0 saturated heterocycles. The van der Waals surface area contributed by atoms with Crippen molar-refractivity contribution in [2.45, 2.75) is 44.3 Å². The number of pyridine rings is 1. The second-order valence-corrected chi connectivity index (χ2v) is 7.89. The van der Waals surface area contributed by atoms with Gasteiger partial charge in [-0.1, -0.05) is 0 Å². The fourth-order valence-corrected chi connectivity index (χ4v) is 3.30. The second-order valence-electron chi connectivity index (χ2n) is 7.89. The van der Waals surface area contributed by atoms with Crippen LogP contribution in [0.2, 0.25) is 0 Å². The zero-order valence-electron chi connectivity index (χ0n) is 17.7. The first-order chi connectivity index (χ1) is 15.6. The number of aryl methyl sites for hydroxylation is 1. The van der Waals surface area contributed by atoms with Crippen molar-refractivity contribution in [2.75, 3.05) is 0 Å². The molecule has 3 aromatic rings. The molecule has 1 aliphatic rings. The van der Waals surface area contributed by atoms with Gasteiger partial charge in [0.15, 0.2) is 5.82 Å². The summed E-state index contributed by atoms with van der Waals surface area (Å²) in [6.07, 6.45) is 2.16. The van der Waals surface area contributed by atoms with Gasteiger partial charge in [0.25, 0.3) is 5.91 Å². The van der Waals surface area contributed by atoms with Gasteiger partial charge in [-0.25, -0.2) is 19.9 Å². The maximum atomic E-state index is 13.4. The minimum atomic E-state index is -4.76. The Balaban J connectivity index is 1.65. The lowest BCUT2D eigenvalue weighted by molar-refractivity contribution is -0.141. The number of carbonyl (C=O) groups excluding carboxylic acids is 1. The van der Waals surface area contributed by atoms with E-state index in [9.17, 15) is 23.2 Å². The summed E-state index contributed by atoms with van der Waals surface area (Å²) in [5, 5.41) is 12.0. The van der Waals surface area contributed by atoms with Crippen molar-refractivity contribution in [1.29, 1.82) is 5.26 Å². The molecule has 0 radical (unpaired) electrons. The third kappa shape index (κ3) is 4.50. The summed E-state index contributed by atoms with van der Waals surface area (Å²) in [6.45, 7) is 3.46. The number of hydrogen-bond donors (Lipinski definition) is 1. The Morgan fingerprint density at radius 2 is 1.82 bits per heavy atom. The Hall–Kier alpha value is -3.94. The molecule has 1 atom stereocenters. The number of carbonyl (C=O) groups is 1. The molecule has 4 rings (SSSR count). The van der Waals surface area contributed by atoms with Gasteiger partial charge in [0.1, 0.15) is 11.4 Å². The molecular weight excluding hydrogens is 435 g/mol. The molecule has 8 nitrogen and oxygen atoms in total. The lowest BCUT2D eigenvalue weighted by atomic mass is 10.0. The van der Waals surface area contributed by atoms with Gasteiger partial charge in [0, 0.05) is 30.4 Å². The van der Waals surface area contributed by atoms with E-state index in [0.29, 0.717) is 36.1 Å². The third-order valence-corrected chi connectivity index (χ3v) is 5.31. The molecule has 0 aliphatic heterocycles. The summed E-state index contributed by atoms with van der Waals surface area (Å²) in [5.74, 6) is -0.452. The SMILES string of the molecule is Cc1cnc(-c2nccnc2C(C)NC(=O)c2cc(C(F)(F)F)nc(C3(C#N)CC3)c2)nc1. The van der Waals surface area contributed by atoms with Crippen molar-refractivity contribution in [3.05, 3.63) is 65.1 Å². The highest BCUT2D eigenvalue weighted by Gasteiger charge is 2.48. The van der Waals surface area contributed by atoms with Crippen molar-refractivity contribution in [2.24, 2.45) is 0 Å². The number of aromatic nitrogens is 5. The van der Waals surface area contributed by atoms with Crippen LogP contribution in [0.5, 0.6) is 0 Å². The molecule has 1 saturated carbocycles. The molecule has 0 aromatic carbocycles. The summed E-state index contributed by atoms with van der Waals surface area (Å²) < 4.78 is 40.2. The Morgan fingerprint density at radius 1 is 1.15 bits per heavy atom. The first-order valence-corrected chi connectivity index (χ1v) is 10.0. The van der Waals surface area contributed by atoms with Crippen LogP contribution in [0.25, 0.3) is 11.5 Å². The normalized spacial score (nSPS) is 15.4. The van der Waals surface area contributed by atoms with Crippen LogP contribution in [0, 0.1) is 18.3 Å². The molecule has 1 unspecified atom stereocenters. The largest absolute Gasteiger partial charge is 0.433 e. The van der Waals surface area contributed by atoms with E-state index in [1.165, 1.54) is 18.5 Å². The monoisotopic (exact) mass is 453 g/mol. The van der Waals surface area contributed by atoms with E-state index in [1.807, 2.05) is 13.0 Å². The average Bonchev–Trinajstić information content (AvgIpc) is 3.60. The maximum absolute atomic E-state index is 13.4. The predicted molar refractivity (Wildman–Crippen MR) is 109 cm³/mol. The number of nitriles is 1. The molecule has 33 heavy (non-hydrogen) atoms.